The van der Waals surface area contributed by atoms with E-state index in [1.54, 1.807) is 24.4 Å². The van der Waals surface area contributed by atoms with Gasteiger partial charge in [-0.3, -0.25) is 0 Å². The number of hydrogen-bond acceptors (Lipinski definition) is 3. The summed E-state index contributed by atoms with van der Waals surface area (Å²) in [5, 5.41) is 13.5. The molecule has 2 rings (SSSR count). The molecule has 0 saturated heterocycles. The molecule has 0 unspecified atom stereocenters. The average Bonchev–Trinajstić information content (AvgIpc) is 2.46. The third-order valence-corrected chi connectivity index (χ3v) is 2.76. The highest BCUT2D eigenvalue weighted by molar-refractivity contribution is 6.30. The van der Waals surface area contributed by atoms with E-state index in [-0.39, 0.29) is 6.61 Å². The van der Waals surface area contributed by atoms with Gasteiger partial charge in [-0.1, -0.05) is 47.1 Å². The molecule has 0 amide bonds. The van der Waals surface area contributed by atoms with E-state index in [0.717, 1.165) is 11.1 Å². The number of hydrogen-bond donors (Lipinski definition) is 0. The predicted octanol–water partition coefficient (Wildman–Crippen LogP) is 3.76. The fourth-order valence-electron chi connectivity index (χ4n) is 1.51. The zero-order valence-corrected chi connectivity index (χ0v) is 10.8. The van der Waals surface area contributed by atoms with Gasteiger partial charge in [0.2, 0.25) is 0 Å². The number of nitriles is 1. The van der Waals surface area contributed by atoms with Gasteiger partial charge in [-0.25, -0.2) is 0 Å². The number of halogens is 1. The van der Waals surface area contributed by atoms with Gasteiger partial charge < -0.3 is 4.84 Å². The summed E-state index contributed by atoms with van der Waals surface area (Å²) in [6.07, 6.45) is 1.60. The molecular weight excluding hydrogens is 260 g/mol. The largest absolute Gasteiger partial charge is 0.391 e. The van der Waals surface area contributed by atoms with Gasteiger partial charge in [0.25, 0.3) is 0 Å². The molecule has 0 aliphatic carbocycles. The minimum Gasteiger partial charge on any atom is -0.391 e. The Morgan fingerprint density at radius 1 is 1.16 bits per heavy atom. The van der Waals surface area contributed by atoms with Crippen molar-refractivity contribution in [1.29, 1.82) is 5.26 Å². The van der Waals surface area contributed by atoms with Gasteiger partial charge in [0.05, 0.1) is 17.8 Å². The quantitative estimate of drug-likeness (QED) is 0.627. The van der Waals surface area contributed by atoms with Crippen LogP contribution in [-0.2, 0) is 11.4 Å². The van der Waals surface area contributed by atoms with E-state index in [0.29, 0.717) is 10.6 Å². The fourth-order valence-corrected chi connectivity index (χ4v) is 1.64. The Hall–Kier alpha value is -2.31. The Morgan fingerprint density at radius 3 is 2.63 bits per heavy atom. The Bertz CT molecular complexity index is 615. The lowest BCUT2D eigenvalue weighted by Gasteiger charge is -2.01. The normalized spacial score (nSPS) is 10.3. The van der Waals surface area contributed by atoms with Crippen LogP contribution in [0.3, 0.4) is 0 Å². The molecule has 0 bridgehead atoms. The first kappa shape index (κ1) is 13.1. The van der Waals surface area contributed by atoms with Crippen molar-refractivity contribution in [3.05, 3.63) is 70.2 Å². The molecule has 2 aromatic carbocycles. The minimum atomic E-state index is 0.272. The number of benzene rings is 2. The van der Waals surface area contributed by atoms with Crippen LogP contribution in [0.5, 0.6) is 0 Å². The topological polar surface area (TPSA) is 45.4 Å². The molecule has 3 nitrogen and oxygen atoms in total. The molecule has 0 aromatic heterocycles. The van der Waals surface area contributed by atoms with Gasteiger partial charge in [0, 0.05) is 10.6 Å². The highest BCUT2D eigenvalue weighted by Crippen LogP contribution is 2.10. The van der Waals surface area contributed by atoms with Crippen molar-refractivity contribution < 1.29 is 4.84 Å². The van der Waals surface area contributed by atoms with Crippen LogP contribution in [0.1, 0.15) is 16.7 Å². The van der Waals surface area contributed by atoms with Gasteiger partial charge in [0.1, 0.15) is 6.61 Å². The molecular formula is C15H11ClN2O. The predicted molar refractivity (Wildman–Crippen MR) is 75.0 cm³/mol. The van der Waals surface area contributed by atoms with Crippen LogP contribution in [0.4, 0.5) is 0 Å². The molecule has 94 valence electrons. The standard InChI is InChI=1S/C15H11ClN2O/c16-15-7-5-12(6-8-15)10-18-19-11-14-4-2-1-3-13(14)9-17/h1-8,10H,11H2/b18-10+. The molecule has 4 heteroatoms. The minimum absolute atomic E-state index is 0.272. The summed E-state index contributed by atoms with van der Waals surface area (Å²) < 4.78 is 0. The van der Waals surface area contributed by atoms with E-state index < -0.39 is 0 Å². The lowest BCUT2D eigenvalue weighted by atomic mass is 10.1. The lowest BCUT2D eigenvalue weighted by Crippen LogP contribution is -1.92. The smallest absolute Gasteiger partial charge is 0.143 e. The Balaban J connectivity index is 1.93. The van der Waals surface area contributed by atoms with Crippen LogP contribution in [0.15, 0.2) is 53.7 Å². The first-order valence-corrected chi connectivity index (χ1v) is 6.06. The third-order valence-electron chi connectivity index (χ3n) is 2.50. The third kappa shape index (κ3) is 3.84. The molecule has 2 aromatic rings. The van der Waals surface area contributed by atoms with Gasteiger partial charge in [-0.15, -0.1) is 0 Å². The van der Waals surface area contributed by atoms with Crippen LogP contribution in [0.2, 0.25) is 5.02 Å². The molecule has 0 atom stereocenters. The summed E-state index contributed by atoms with van der Waals surface area (Å²) >= 11 is 5.78. The van der Waals surface area contributed by atoms with E-state index in [1.165, 1.54) is 0 Å². The molecule has 0 fully saturated rings. The first-order chi connectivity index (χ1) is 9.29. The van der Waals surface area contributed by atoms with Crippen LogP contribution >= 0.6 is 11.6 Å². The highest BCUT2D eigenvalue weighted by Gasteiger charge is 1.99. The maximum absolute atomic E-state index is 8.92. The second-order valence-electron chi connectivity index (χ2n) is 3.83. The maximum Gasteiger partial charge on any atom is 0.143 e. The molecule has 0 aliphatic rings. The summed E-state index contributed by atoms with van der Waals surface area (Å²) in [7, 11) is 0. The summed E-state index contributed by atoms with van der Waals surface area (Å²) in [5.74, 6) is 0. The van der Waals surface area contributed by atoms with E-state index >= 15 is 0 Å². The van der Waals surface area contributed by atoms with E-state index in [9.17, 15) is 0 Å². The Morgan fingerprint density at radius 2 is 1.89 bits per heavy atom. The zero-order chi connectivity index (χ0) is 13.5. The lowest BCUT2D eigenvalue weighted by molar-refractivity contribution is 0.132. The van der Waals surface area contributed by atoms with Crippen molar-refractivity contribution in [2.24, 2.45) is 5.16 Å². The second-order valence-corrected chi connectivity index (χ2v) is 4.26. The molecule has 0 radical (unpaired) electrons. The molecule has 0 spiro atoms. The Labute approximate surface area is 116 Å². The molecule has 0 N–H and O–H groups in total. The molecule has 0 heterocycles. The summed E-state index contributed by atoms with van der Waals surface area (Å²) in [6, 6.07) is 16.7. The van der Waals surface area contributed by atoms with Crippen LogP contribution < -0.4 is 0 Å². The zero-order valence-electron chi connectivity index (χ0n) is 10.1. The van der Waals surface area contributed by atoms with Gasteiger partial charge in [0.15, 0.2) is 0 Å². The Kier molecular flexibility index (Phi) is 4.54. The van der Waals surface area contributed by atoms with Gasteiger partial charge in [-0.05, 0) is 23.8 Å². The summed E-state index contributed by atoms with van der Waals surface area (Å²) in [4.78, 5) is 5.18. The van der Waals surface area contributed by atoms with E-state index in [4.69, 9.17) is 21.7 Å². The van der Waals surface area contributed by atoms with Crippen molar-refractivity contribution >= 4 is 17.8 Å². The van der Waals surface area contributed by atoms with Gasteiger partial charge in [-0.2, -0.15) is 5.26 Å². The molecule has 0 aliphatic heterocycles. The SMILES string of the molecule is N#Cc1ccccc1CO/N=C/c1ccc(Cl)cc1. The maximum atomic E-state index is 8.92. The number of rotatable bonds is 4. The summed E-state index contributed by atoms with van der Waals surface area (Å²) in [5.41, 5.74) is 2.32. The van der Waals surface area contributed by atoms with Crippen molar-refractivity contribution in [1.82, 2.24) is 0 Å². The van der Waals surface area contributed by atoms with Crippen LogP contribution in [0, 0.1) is 11.3 Å². The summed E-state index contributed by atoms with van der Waals surface area (Å²) in [6.45, 7) is 0.272. The monoisotopic (exact) mass is 270 g/mol. The molecule has 0 saturated carbocycles. The second kappa shape index (κ2) is 6.58. The van der Waals surface area contributed by atoms with Crippen molar-refractivity contribution in [2.75, 3.05) is 0 Å². The van der Waals surface area contributed by atoms with Crippen LogP contribution in [-0.4, -0.2) is 6.21 Å². The van der Waals surface area contributed by atoms with E-state index in [2.05, 4.69) is 11.2 Å². The highest BCUT2D eigenvalue weighted by atomic mass is 35.5. The van der Waals surface area contributed by atoms with E-state index in [1.807, 2.05) is 30.3 Å². The molecule has 19 heavy (non-hydrogen) atoms. The average molecular weight is 271 g/mol. The van der Waals surface area contributed by atoms with Crippen LogP contribution in [0.25, 0.3) is 0 Å². The van der Waals surface area contributed by atoms with Gasteiger partial charge >= 0.3 is 0 Å². The van der Waals surface area contributed by atoms with Crippen molar-refractivity contribution in [3.8, 4) is 6.07 Å². The number of oxime groups is 1. The van der Waals surface area contributed by atoms with Crippen molar-refractivity contribution in [2.45, 2.75) is 6.61 Å². The fraction of sp³-hybridized carbons (Fsp3) is 0.0667. The number of nitrogens with zero attached hydrogens (tertiary/aromatic N) is 2. The van der Waals surface area contributed by atoms with Crippen molar-refractivity contribution in [3.63, 3.8) is 0 Å². The first-order valence-electron chi connectivity index (χ1n) is 5.68.